The quantitative estimate of drug-likeness (QED) is 0.578. The van der Waals surface area contributed by atoms with E-state index in [1.54, 1.807) is 13.2 Å². The molecule has 0 unspecified atom stereocenters. The molecule has 2 heterocycles. The van der Waals surface area contributed by atoms with Crippen LogP contribution in [0, 0.1) is 0 Å². The Balaban J connectivity index is 1.94. The summed E-state index contributed by atoms with van der Waals surface area (Å²) in [5.41, 5.74) is 4.18. The van der Waals surface area contributed by atoms with Gasteiger partial charge in [-0.05, 0) is 30.2 Å². The van der Waals surface area contributed by atoms with Crippen LogP contribution in [-0.2, 0) is 6.42 Å². The fourth-order valence-corrected chi connectivity index (χ4v) is 2.83. The van der Waals surface area contributed by atoms with Gasteiger partial charge in [0.1, 0.15) is 11.3 Å². The van der Waals surface area contributed by atoms with Crippen molar-refractivity contribution in [2.45, 2.75) is 13.3 Å². The highest BCUT2D eigenvalue weighted by Gasteiger charge is 2.12. The fourth-order valence-electron chi connectivity index (χ4n) is 2.83. The van der Waals surface area contributed by atoms with Crippen LogP contribution in [0.2, 0.25) is 0 Å². The average Bonchev–Trinajstić information content (AvgIpc) is 3.07. The first-order valence-electron chi connectivity index (χ1n) is 7.79. The van der Waals surface area contributed by atoms with E-state index in [4.69, 9.17) is 9.15 Å². The first-order chi connectivity index (χ1) is 11.7. The summed E-state index contributed by atoms with van der Waals surface area (Å²) < 4.78 is 11.9. The van der Waals surface area contributed by atoms with Crippen LogP contribution < -0.4 is 10.5 Å². The van der Waals surface area contributed by atoms with Crippen molar-refractivity contribution in [2.24, 2.45) is 0 Å². The fraction of sp³-hybridized carbons (Fsp3) is 0.158. The lowest BCUT2D eigenvalue weighted by atomic mass is 10.1. The first kappa shape index (κ1) is 14.5. The van der Waals surface area contributed by atoms with Gasteiger partial charge in [0, 0.05) is 17.0 Å². The predicted octanol–water partition coefficient (Wildman–Crippen LogP) is 3.68. The molecule has 0 radical (unpaired) electrons. The maximum absolute atomic E-state index is 12.2. The molecule has 0 aliphatic heterocycles. The molecule has 5 nitrogen and oxygen atoms in total. The van der Waals surface area contributed by atoms with Gasteiger partial charge in [0.05, 0.1) is 18.3 Å². The minimum absolute atomic E-state index is 0.486. The van der Waals surface area contributed by atoms with Crippen molar-refractivity contribution in [1.29, 1.82) is 0 Å². The van der Waals surface area contributed by atoms with Crippen LogP contribution in [0.3, 0.4) is 0 Å². The molecule has 0 N–H and O–H groups in total. The lowest BCUT2D eigenvalue weighted by Gasteiger charge is -2.02. The zero-order valence-corrected chi connectivity index (χ0v) is 13.4. The molecule has 120 valence electrons. The van der Waals surface area contributed by atoms with E-state index in [0.717, 1.165) is 28.6 Å². The highest BCUT2D eigenvalue weighted by atomic mass is 16.5. The third-order valence-corrected chi connectivity index (χ3v) is 4.20. The Bertz CT molecular complexity index is 1090. The van der Waals surface area contributed by atoms with E-state index >= 15 is 0 Å². The molecule has 4 aromatic rings. The van der Waals surface area contributed by atoms with Crippen molar-refractivity contribution in [3.8, 4) is 17.0 Å². The van der Waals surface area contributed by atoms with Crippen molar-refractivity contribution in [1.82, 2.24) is 9.61 Å². The molecular formula is C19H16N2O3. The monoisotopic (exact) mass is 320 g/mol. The van der Waals surface area contributed by atoms with Crippen molar-refractivity contribution in [3.63, 3.8) is 0 Å². The SMILES string of the molecule is CCc1ccc(-c2cc3c4ccc(OC)cc4oc(=O)n3n2)cc1. The summed E-state index contributed by atoms with van der Waals surface area (Å²) in [4.78, 5) is 12.2. The van der Waals surface area contributed by atoms with Gasteiger partial charge >= 0.3 is 5.76 Å². The highest BCUT2D eigenvalue weighted by Crippen LogP contribution is 2.26. The van der Waals surface area contributed by atoms with Crippen molar-refractivity contribution in [3.05, 3.63) is 64.6 Å². The van der Waals surface area contributed by atoms with Gasteiger partial charge in [0.2, 0.25) is 0 Å². The second kappa shape index (κ2) is 5.53. The maximum atomic E-state index is 12.2. The number of aromatic nitrogens is 2. The molecule has 2 aromatic heterocycles. The van der Waals surface area contributed by atoms with E-state index in [0.29, 0.717) is 11.3 Å². The molecule has 0 fully saturated rings. The number of aryl methyl sites for hydroxylation is 1. The topological polar surface area (TPSA) is 56.7 Å². The Morgan fingerprint density at radius 1 is 1.12 bits per heavy atom. The molecule has 0 aliphatic rings. The van der Waals surface area contributed by atoms with Gasteiger partial charge in [-0.1, -0.05) is 31.2 Å². The zero-order chi connectivity index (χ0) is 16.7. The van der Waals surface area contributed by atoms with Crippen molar-refractivity contribution >= 4 is 16.5 Å². The lowest BCUT2D eigenvalue weighted by Crippen LogP contribution is -2.12. The summed E-state index contributed by atoms with van der Waals surface area (Å²) in [6.07, 6.45) is 0.988. The summed E-state index contributed by atoms with van der Waals surface area (Å²) in [5, 5.41) is 5.23. The largest absolute Gasteiger partial charge is 0.497 e. The van der Waals surface area contributed by atoms with Gasteiger partial charge in [-0.2, -0.15) is 9.61 Å². The molecule has 0 bridgehead atoms. The Kier molecular flexibility index (Phi) is 3.34. The summed E-state index contributed by atoms with van der Waals surface area (Å²) in [5.74, 6) is 0.132. The van der Waals surface area contributed by atoms with Gasteiger partial charge in [0.25, 0.3) is 0 Å². The maximum Gasteiger partial charge on any atom is 0.440 e. The molecular weight excluding hydrogens is 304 g/mol. The van der Waals surface area contributed by atoms with Gasteiger partial charge in [0.15, 0.2) is 0 Å². The summed E-state index contributed by atoms with van der Waals surface area (Å²) in [7, 11) is 1.58. The third kappa shape index (κ3) is 2.25. The van der Waals surface area contributed by atoms with E-state index in [-0.39, 0.29) is 0 Å². The molecule has 24 heavy (non-hydrogen) atoms. The number of hydrogen-bond acceptors (Lipinski definition) is 4. The minimum atomic E-state index is -0.512. The average molecular weight is 320 g/mol. The lowest BCUT2D eigenvalue weighted by molar-refractivity contribution is 0.413. The van der Waals surface area contributed by atoms with Gasteiger partial charge in [-0.25, -0.2) is 4.79 Å². The van der Waals surface area contributed by atoms with Crippen LogP contribution in [-0.4, -0.2) is 16.7 Å². The number of rotatable bonds is 3. The van der Waals surface area contributed by atoms with Crippen LogP contribution in [0.25, 0.3) is 27.7 Å². The number of nitrogens with zero attached hydrogens (tertiary/aromatic N) is 2. The van der Waals surface area contributed by atoms with E-state index in [1.807, 2.05) is 30.3 Å². The summed E-state index contributed by atoms with van der Waals surface area (Å²) in [6, 6.07) is 15.5. The molecule has 0 amide bonds. The Morgan fingerprint density at radius 3 is 2.62 bits per heavy atom. The zero-order valence-electron chi connectivity index (χ0n) is 13.4. The smallest absolute Gasteiger partial charge is 0.440 e. The molecule has 0 aliphatic carbocycles. The molecule has 4 rings (SSSR count). The number of hydrogen-bond donors (Lipinski definition) is 0. The first-order valence-corrected chi connectivity index (χ1v) is 7.79. The van der Waals surface area contributed by atoms with E-state index in [9.17, 15) is 4.79 Å². The Hall–Kier alpha value is -3.08. The molecule has 0 atom stereocenters. The minimum Gasteiger partial charge on any atom is -0.497 e. The Morgan fingerprint density at radius 2 is 1.92 bits per heavy atom. The van der Waals surface area contributed by atoms with E-state index < -0.39 is 5.76 Å². The number of ether oxygens (including phenoxy) is 1. The normalized spacial score (nSPS) is 11.2. The van der Waals surface area contributed by atoms with Crippen molar-refractivity contribution in [2.75, 3.05) is 7.11 Å². The van der Waals surface area contributed by atoms with Gasteiger partial charge in [-0.3, -0.25) is 0 Å². The van der Waals surface area contributed by atoms with Crippen molar-refractivity contribution < 1.29 is 9.15 Å². The van der Waals surface area contributed by atoms with E-state index in [1.165, 1.54) is 10.1 Å². The Labute approximate surface area is 138 Å². The molecule has 0 saturated heterocycles. The molecule has 2 aromatic carbocycles. The second-order valence-corrected chi connectivity index (χ2v) is 5.61. The summed E-state index contributed by atoms with van der Waals surface area (Å²) in [6.45, 7) is 2.12. The van der Waals surface area contributed by atoms with Crippen LogP contribution in [0.5, 0.6) is 5.75 Å². The third-order valence-electron chi connectivity index (χ3n) is 4.20. The number of methoxy groups -OCH3 is 1. The molecule has 0 saturated carbocycles. The number of benzene rings is 2. The van der Waals surface area contributed by atoms with Crippen LogP contribution in [0.1, 0.15) is 12.5 Å². The predicted molar refractivity (Wildman–Crippen MR) is 92.6 cm³/mol. The number of fused-ring (bicyclic) bond motifs is 3. The molecule has 5 heteroatoms. The van der Waals surface area contributed by atoms with Gasteiger partial charge < -0.3 is 9.15 Å². The second-order valence-electron chi connectivity index (χ2n) is 5.61. The van der Waals surface area contributed by atoms with Crippen LogP contribution >= 0.6 is 0 Å². The van der Waals surface area contributed by atoms with Gasteiger partial charge in [-0.15, -0.1) is 0 Å². The summed E-state index contributed by atoms with van der Waals surface area (Å²) >= 11 is 0. The van der Waals surface area contributed by atoms with Crippen LogP contribution in [0.4, 0.5) is 0 Å². The highest BCUT2D eigenvalue weighted by molar-refractivity contribution is 5.94. The van der Waals surface area contributed by atoms with Crippen LogP contribution in [0.15, 0.2) is 57.7 Å². The standard InChI is InChI=1S/C19H16N2O3/c1-3-12-4-6-13(7-5-12)16-11-17-15-9-8-14(23-2)10-18(15)24-19(22)21(17)20-16/h4-11H,3H2,1-2H3. The molecule has 0 spiro atoms. The van der Waals surface area contributed by atoms with E-state index in [2.05, 4.69) is 24.2 Å².